The van der Waals surface area contributed by atoms with Crippen molar-refractivity contribution in [2.45, 2.75) is 75.1 Å². The third-order valence-electron chi connectivity index (χ3n) is 10.2. The van der Waals surface area contributed by atoms with Crippen LogP contribution in [-0.2, 0) is 9.53 Å². The molecule has 0 spiro atoms. The van der Waals surface area contributed by atoms with E-state index in [9.17, 15) is 13.6 Å². The summed E-state index contributed by atoms with van der Waals surface area (Å²) in [6.45, 7) is 4.50. The summed E-state index contributed by atoms with van der Waals surface area (Å²) in [5.41, 5.74) is 2.10. The largest absolute Gasteiger partial charge is 0.375 e. The van der Waals surface area contributed by atoms with E-state index in [4.69, 9.17) is 16.3 Å². The van der Waals surface area contributed by atoms with Crippen LogP contribution in [0.5, 0.6) is 0 Å². The normalized spacial score (nSPS) is 28.6. The molecule has 2 aromatic carbocycles. The maximum absolute atomic E-state index is 15.1. The zero-order valence-corrected chi connectivity index (χ0v) is 24.6. The van der Waals surface area contributed by atoms with Crippen LogP contribution in [0.2, 0.25) is 5.02 Å². The second-order valence-electron chi connectivity index (χ2n) is 12.5. The molecule has 4 fully saturated rings. The highest BCUT2D eigenvalue weighted by Gasteiger charge is 2.49. The fourth-order valence-electron chi connectivity index (χ4n) is 8.00. The minimum atomic E-state index is -0.621. The number of hydrogen-bond donors (Lipinski definition) is 0. The van der Waals surface area contributed by atoms with E-state index < -0.39 is 23.4 Å². The molecule has 43 heavy (non-hydrogen) atoms. The maximum atomic E-state index is 15.1. The van der Waals surface area contributed by atoms with Crippen LogP contribution in [-0.4, -0.2) is 80.3 Å². The maximum Gasteiger partial charge on any atom is 0.226 e. The highest BCUT2D eigenvalue weighted by molar-refractivity contribution is 6.30. The van der Waals surface area contributed by atoms with Crippen LogP contribution >= 0.6 is 11.6 Å². The molecule has 6 atom stereocenters. The summed E-state index contributed by atoms with van der Waals surface area (Å²) < 4.78 is 50.9. The Labute approximate surface area is 253 Å². The Balaban J connectivity index is 1.10. The third kappa shape index (κ3) is 5.33. The lowest BCUT2D eigenvalue weighted by molar-refractivity contribution is -0.137. The number of hydrogen-bond acceptors (Lipinski definition) is 6. The summed E-state index contributed by atoms with van der Waals surface area (Å²) >= 11 is 6.23. The lowest BCUT2D eigenvalue weighted by Crippen LogP contribution is -2.44. The van der Waals surface area contributed by atoms with Crippen LogP contribution < -0.4 is 0 Å². The van der Waals surface area contributed by atoms with Crippen LogP contribution in [0.15, 0.2) is 36.7 Å². The van der Waals surface area contributed by atoms with Gasteiger partial charge in [-0.3, -0.25) is 9.69 Å². The molecule has 0 radical (unpaired) electrons. The van der Waals surface area contributed by atoms with E-state index in [0.29, 0.717) is 57.0 Å². The molecule has 1 aliphatic carbocycles. The van der Waals surface area contributed by atoms with E-state index in [1.54, 1.807) is 10.7 Å². The van der Waals surface area contributed by atoms with Crippen LogP contribution in [0.25, 0.3) is 0 Å². The first-order chi connectivity index (χ1) is 20.8. The predicted molar refractivity (Wildman–Crippen MR) is 152 cm³/mol. The molecule has 12 heteroatoms. The van der Waals surface area contributed by atoms with E-state index in [1.165, 1.54) is 24.5 Å². The number of carbonyl (C=O) groups excluding carboxylic acids is 1. The topological polar surface area (TPSA) is 76.4 Å². The Morgan fingerprint density at radius 1 is 1.02 bits per heavy atom. The number of halogens is 4. The van der Waals surface area contributed by atoms with Gasteiger partial charge in [-0.25, -0.2) is 17.9 Å². The lowest BCUT2D eigenvalue weighted by atomic mass is 9.83. The highest BCUT2D eigenvalue weighted by atomic mass is 35.5. The van der Waals surface area contributed by atoms with Crippen molar-refractivity contribution in [2.75, 3.05) is 26.2 Å². The number of aromatic nitrogens is 4. The van der Waals surface area contributed by atoms with Gasteiger partial charge >= 0.3 is 0 Å². The number of ether oxygens (including phenoxy) is 1. The third-order valence-corrected chi connectivity index (χ3v) is 10.5. The van der Waals surface area contributed by atoms with Crippen LogP contribution in [0, 0.1) is 23.4 Å². The number of carbonyl (C=O) groups is 1. The first-order valence-corrected chi connectivity index (χ1v) is 15.5. The Hall–Kier alpha value is -3.02. The van der Waals surface area contributed by atoms with Gasteiger partial charge in [-0.15, -0.1) is 5.10 Å². The Bertz CT molecular complexity index is 1500. The van der Waals surface area contributed by atoms with E-state index in [0.717, 1.165) is 30.2 Å². The van der Waals surface area contributed by atoms with Gasteiger partial charge < -0.3 is 9.64 Å². The van der Waals surface area contributed by atoms with Gasteiger partial charge in [0.05, 0.1) is 23.8 Å². The molecule has 228 valence electrons. The molecule has 1 saturated carbocycles. The summed E-state index contributed by atoms with van der Waals surface area (Å²) in [5, 5.41) is 11.5. The van der Waals surface area contributed by atoms with Gasteiger partial charge in [-0.2, -0.15) is 0 Å². The van der Waals surface area contributed by atoms with E-state index in [1.807, 2.05) is 11.8 Å². The molecule has 8 nitrogen and oxygen atoms in total. The number of benzene rings is 2. The van der Waals surface area contributed by atoms with Crippen molar-refractivity contribution >= 4 is 17.5 Å². The zero-order valence-electron chi connectivity index (χ0n) is 23.9. The van der Waals surface area contributed by atoms with Crippen molar-refractivity contribution in [2.24, 2.45) is 5.92 Å². The fraction of sp³-hybridized carbons (Fsp3) is 0.548. The molecule has 3 aliphatic heterocycles. The molecule has 1 amide bonds. The average Bonchev–Trinajstić information content (AvgIpc) is 3.83. The number of nitrogens with zero attached hydrogens (tertiary/aromatic N) is 6. The van der Waals surface area contributed by atoms with Crippen molar-refractivity contribution in [3.8, 4) is 0 Å². The molecule has 3 aromatic rings. The van der Waals surface area contributed by atoms with Gasteiger partial charge in [-0.05, 0) is 96.2 Å². The molecule has 2 bridgehead atoms. The molecule has 7 rings (SSSR count). The number of fused-ring (bicyclic) bond motifs is 2. The summed E-state index contributed by atoms with van der Waals surface area (Å²) in [7, 11) is 0. The Morgan fingerprint density at radius 2 is 1.84 bits per heavy atom. The lowest BCUT2D eigenvalue weighted by Gasteiger charge is -2.36. The first kappa shape index (κ1) is 28.7. The Morgan fingerprint density at radius 3 is 2.51 bits per heavy atom. The summed E-state index contributed by atoms with van der Waals surface area (Å²) in [5.74, 6) is -2.34. The van der Waals surface area contributed by atoms with Crippen molar-refractivity contribution in [1.29, 1.82) is 0 Å². The van der Waals surface area contributed by atoms with Gasteiger partial charge in [-0.1, -0.05) is 17.7 Å². The zero-order chi connectivity index (χ0) is 29.8. The summed E-state index contributed by atoms with van der Waals surface area (Å²) in [4.78, 5) is 18.5. The average molecular weight is 615 g/mol. The number of morpholine rings is 1. The van der Waals surface area contributed by atoms with E-state index in [2.05, 4.69) is 20.4 Å². The second-order valence-corrected chi connectivity index (χ2v) is 12.9. The molecule has 1 aromatic heterocycles. The van der Waals surface area contributed by atoms with Crippen molar-refractivity contribution in [3.63, 3.8) is 0 Å². The minimum Gasteiger partial charge on any atom is -0.375 e. The molecular formula is C31H34ClF3N6O2. The molecule has 2 unspecified atom stereocenters. The van der Waals surface area contributed by atoms with Crippen molar-refractivity contribution < 1.29 is 22.7 Å². The number of rotatable bonds is 6. The molecule has 4 aliphatic rings. The second kappa shape index (κ2) is 11.5. The number of amides is 1. The van der Waals surface area contributed by atoms with Gasteiger partial charge in [0.1, 0.15) is 23.8 Å². The van der Waals surface area contributed by atoms with E-state index in [-0.39, 0.29) is 41.0 Å². The van der Waals surface area contributed by atoms with Crippen molar-refractivity contribution in [1.82, 2.24) is 30.0 Å². The van der Waals surface area contributed by atoms with Crippen LogP contribution in [0.3, 0.4) is 0 Å². The van der Waals surface area contributed by atoms with Gasteiger partial charge in [0, 0.05) is 43.7 Å². The van der Waals surface area contributed by atoms with Crippen LogP contribution in [0.4, 0.5) is 13.2 Å². The highest BCUT2D eigenvalue weighted by Crippen LogP contribution is 2.47. The number of piperidine rings is 1. The minimum absolute atomic E-state index is 0.0229. The van der Waals surface area contributed by atoms with Gasteiger partial charge in [0.2, 0.25) is 5.91 Å². The fourth-order valence-corrected chi connectivity index (χ4v) is 8.18. The number of likely N-dealkylation sites (tertiary alicyclic amines) is 2. The molecular weight excluding hydrogens is 581 g/mol. The first-order valence-electron chi connectivity index (χ1n) is 15.1. The quantitative estimate of drug-likeness (QED) is 0.385. The predicted octanol–water partition coefficient (Wildman–Crippen LogP) is 5.09. The van der Waals surface area contributed by atoms with Gasteiger partial charge in [0.25, 0.3) is 0 Å². The molecule has 4 heterocycles. The van der Waals surface area contributed by atoms with Gasteiger partial charge in [0.15, 0.2) is 0 Å². The smallest absolute Gasteiger partial charge is 0.226 e. The number of tetrazole rings is 1. The van der Waals surface area contributed by atoms with E-state index >= 15 is 4.39 Å². The molecule has 3 saturated heterocycles. The Kier molecular flexibility index (Phi) is 7.67. The molecule has 0 N–H and O–H groups in total. The standard InChI is InChI=1S/C31H34ClF3N6O2/c1-17(41-16-36-37-38-41)24-13-30(35)28(32)12-25(24)18-4-6-39(7-5-18)31(42)27-11-20(40-14-22-9-21(40)15-43-22)10-26(27)23-3-2-19(33)8-29(23)34/h2-3,8,12-13,16-18,20-22,26-27H,4-7,9-11,14-15H2,1H3/t17-,20?,21+,22+,26+,27?/m1/s1. The monoisotopic (exact) mass is 614 g/mol. The summed E-state index contributed by atoms with van der Waals surface area (Å²) in [6, 6.07) is 7.05. The van der Waals surface area contributed by atoms with Crippen molar-refractivity contribution in [3.05, 3.63) is 75.8 Å². The SMILES string of the molecule is C[C@H](c1cc(F)c(Cl)cc1C1CCN(C(=O)C2CC(N3C[C@@H]4C[C@H]3CO4)C[C@H]2c2ccc(F)cc2F)CC1)n1cnnn1. The van der Waals surface area contributed by atoms with Crippen LogP contribution in [0.1, 0.15) is 73.6 Å². The summed E-state index contributed by atoms with van der Waals surface area (Å²) in [6.07, 6.45) is 5.39.